The summed E-state index contributed by atoms with van der Waals surface area (Å²) in [7, 11) is 1.98. The standard InChI is InChI=1S/C12H20N2/c1-9(2)14-12-8-6-5-7-11(12)10(3)13-4/h5-10,13-14H,1-4H3. The summed E-state index contributed by atoms with van der Waals surface area (Å²) in [5.74, 6) is 0. The molecule has 0 aliphatic carbocycles. The fourth-order valence-electron chi connectivity index (χ4n) is 1.47. The first-order valence-electron chi connectivity index (χ1n) is 5.18. The van der Waals surface area contributed by atoms with Crippen molar-refractivity contribution in [2.24, 2.45) is 0 Å². The van der Waals surface area contributed by atoms with Crippen LogP contribution in [0.4, 0.5) is 5.69 Å². The molecule has 1 aromatic carbocycles. The van der Waals surface area contributed by atoms with Crippen molar-refractivity contribution < 1.29 is 0 Å². The van der Waals surface area contributed by atoms with Gasteiger partial charge in [0.05, 0.1) is 0 Å². The van der Waals surface area contributed by atoms with Gasteiger partial charge in [0.25, 0.3) is 0 Å². The second kappa shape index (κ2) is 5.01. The molecule has 0 fully saturated rings. The average Bonchev–Trinajstić information content (AvgIpc) is 2.16. The highest BCUT2D eigenvalue weighted by Gasteiger charge is 2.07. The molecule has 0 saturated carbocycles. The van der Waals surface area contributed by atoms with Crippen LogP contribution in [0.1, 0.15) is 32.4 Å². The highest BCUT2D eigenvalue weighted by atomic mass is 14.9. The number of benzene rings is 1. The van der Waals surface area contributed by atoms with Crippen LogP contribution in [0, 0.1) is 0 Å². The lowest BCUT2D eigenvalue weighted by Gasteiger charge is -2.18. The molecule has 2 heteroatoms. The highest BCUT2D eigenvalue weighted by Crippen LogP contribution is 2.22. The molecular weight excluding hydrogens is 172 g/mol. The summed E-state index contributed by atoms with van der Waals surface area (Å²) >= 11 is 0. The number of para-hydroxylation sites is 1. The maximum absolute atomic E-state index is 3.45. The van der Waals surface area contributed by atoms with E-state index in [0.717, 1.165) is 0 Å². The molecule has 1 unspecified atom stereocenters. The molecule has 0 saturated heterocycles. The quantitative estimate of drug-likeness (QED) is 0.766. The van der Waals surface area contributed by atoms with E-state index < -0.39 is 0 Å². The van der Waals surface area contributed by atoms with Gasteiger partial charge in [-0.3, -0.25) is 0 Å². The Morgan fingerprint density at radius 1 is 1.07 bits per heavy atom. The minimum absolute atomic E-state index is 0.387. The predicted octanol–water partition coefficient (Wildman–Crippen LogP) is 2.79. The normalized spacial score (nSPS) is 12.9. The van der Waals surface area contributed by atoms with Gasteiger partial charge in [-0.1, -0.05) is 18.2 Å². The second-order valence-corrected chi connectivity index (χ2v) is 3.90. The van der Waals surface area contributed by atoms with Crippen molar-refractivity contribution >= 4 is 5.69 Å². The largest absolute Gasteiger partial charge is 0.383 e. The van der Waals surface area contributed by atoms with Crippen molar-refractivity contribution in [3.63, 3.8) is 0 Å². The van der Waals surface area contributed by atoms with Crippen LogP contribution in [-0.2, 0) is 0 Å². The molecule has 0 amide bonds. The Morgan fingerprint density at radius 3 is 2.29 bits per heavy atom. The van der Waals surface area contributed by atoms with E-state index in [1.54, 1.807) is 0 Å². The smallest absolute Gasteiger partial charge is 0.0390 e. The second-order valence-electron chi connectivity index (χ2n) is 3.90. The molecule has 1 rings (SSSR count). The molecule has 0 radical (unpaired) electrons. The molecule has 14 heavy (non-hydrogen) atoms. The number of nitrogens with one attached hydrogen (secondary N) is 2. The van der Waals surface area contributed by atoms with Crippen LogP contribution in [0.25, 0.3) is 0 Å². The maximum Gasteiger partial charge on any atom is 0.0390 e. The summed E-state index contributed by atoms with van der Waals surface area (Å²) in [6.07, 6.45) is 0. The summed E-state index contributed by atoms with van der Waals surface area (Å²) in [6.45, 7) is 6.47. The van der Waals surface area contributed by atoms with E-state index in [4.69, 9.17) is 0 Å². The van der Waals surface area contributed by atoms with Gasteiger partial charge in [-0.15, -0.1) is 0 Å². The van der Waals surface area contributed by atoms with Gasteiger partial charge >= 0.3 is 0 Å². The Labute approximate surface area is 86.7 Å². The first kappa shape index (κ1) is 11.1. The Kier molecular flexibility index (Phi) is 3.96. The molecular formula is C12H20N2. The van der Waals surface area contributed by atoms with Gasteiger partial charge in [0.15, 0.2) is 0 Å². The van der Waals surface area contributed by atoms with E-state index in [2.05, 4.69) is 55.7 Å². The number of hydrogen-bond donors (Lipinski definition) is 2. The fourth-order valence-corrected chi connectivity index (χ4v) is 1.47. The predicted molar refractivity (Wildman–Crippen MR) is 62.7 cm³/mol. The number of hydrogen-bond acceptors (Lipinski definition) is 2. The minimum atomic E-state index is 0.387. The molecule has 0 spiro atoms. The Hall–Kier alpha value is -1.02. The molecule has 1 atom stereocenters. The van der Waals surface area contributed by atoms with E-state index in [0.29, 0.717) is 12.1 Å². The third-order valence-electron chi connectivity index (χ3n) is 2.30. The van der Waals surface area contributed by atoms with Crippen LogP contribution in [-0.4, -0.2) is 13.1 Å². The molecule has 0 heterocycles. The first-order chi connectivity index (χ1) is 6.65. The van der Waals surface area contributed by atoms with E-state index in [1.807, 2.05) is 7.05 Å². The molecule has 2 N–H and O–H groups in total. The van der Waals surface area contributed by atoms with Crippen molar-refractivity contribution in [3.05, 3.63) is 29.8 Å². The number of rotatable bonds is 4. The van der Waals surface area contributed by atoms with Gasteiger partial charge < -0.3 is 10.6 Å². The lowest BCUT2D eigenvalue weighted by Crippen LogP contribution is -2.17. The van der Waals surface area contributed by atoms with Crippen LogP contribution in [0.2, 0.25) is 0 Å². The van der Waals surface area contributed by atoms with Crippen molar-refractivity contribution in [1.29, 1.82) is 0 Å². The minimum Gasteiger partial charge on any atom is -0.383 e. The van der Waals surface area contributed by atoms with Crippen LogP contribution in [0.5, 0.6) is 0 Å². The van der Waals surface area contributed by atoms with Gasteiger partial charge in [-0.05, 0) is 39.4 Å². The molecule has 2 nitrogen and oxygen atoms in total. The molecule has 0 aliphatic rings. The summed E-state index contributed by atoms with van der Waals surface area (Å²) in [4.78, 5) is 0. The van der Waals surface area contributed by atoms with Gasteiger partial charge in [0, 0.05) is 17.8 Å². The molecule has 0 aliphatic heterocycles. The molecule has 78 valence electrons. The van der Waals surface area contributed by atoms with Gasteiger partial charge in [0.2, 0.25) is 0 Å². The lowest BCUT2D eigenvalue weighted by atomic mass is 10.1. The van der Waals surface area contributed by atoms with Crippen LogP contribution < -0.4 is 10.6 Å². The lowest BCUT2D eigenvalue weighted by molar-refractivity contribution is 0.652. The molecule has 0 bridgehead atoms. The first-order valence-corrected chi connectivity index (χ1v) is 5.18. The zero-order chi connectivity index (χ0) is 10.6. The van der Waals surface area contributed by atoms with Gasteiger partial charge in [-0.25, -0.2) is 0 Å². The number of anilines is 1. The highest BCUT2D eigenvalue weighted by molar-refractivity contribution is 5.52. The SMILES string of the molecule is CNC(C)c1ccccc1NC(C)C. The topological polar surface area (TPSA) is 24.1 Å². The zero-order valence-corrected chi connectivity index (χ0v) is 9.46. The van der Waals surface area contributed by atoms with Gasteiger partial charge in [-0.2, -0.15) is 0 Å². The average molecular weight is 192 g/mol. The van der Waals surface area contributed by atoms with E-state index >= 15 is 0 Å². The molecule has 1 aromatic rings. The monoisotopic (exact) mass is 192 g/mol. The Morgan fingerprint density at radius 2 is 1.71 bits per heavy atom. The third-order valence-corrected chi connectivity index (χ3v) is 2.30. The van der Waals surface area contributed by atoms with Crippen molar-refractivity contribution in [3.8, 4) is 0 Å². The summed E-state index contributed by atoms with van der Waals surface area (Å²) in [5, 5.41) is 6.70. The van der Waals surface area contributed by atoms with Crippen molar-refractivity contribution in [2.45, 2.75) is 32.9 Å². The Bertz CT molecular complexity index is 281. The van der Waals surface area contributed by atoms with Crippen LogP contribution >= 0.6 is 0 Å². The van der Waals surface area contributed by atoms with Gasteiger partial charge in [0.1, 0.15) is 0 Å². The summed E-state index contributed by atoms with van der Waals surface area (Å²) in [5.41, 5.74) is 2.55. The van der Waals surface area contributed by atoms with E-state index in [9.17, 15) is 0 Å². The van der Waals surface area contributed by atoms with Crippen LogP contribution in [0.15, 0.2) is 24.3 Å². The molecule has 0 aromatic heterocycles. The van der Waals surface area contributed by atoms with Crippen molar-refractivity contribution in [2.75, 3.05) is 12.4 Å². The summed E-state index contributed by atoms with van der Waals surface area (Å²) in [6, 6.07) is 9.29. The zero-order valence-electron chi connectivity index (χ0n) is 9.46. The van der Waals surface area contributed by atoms with E-state index in [-0.39, 0.29) is 0 Å². The van der Waals surface area contributed by atoms with Crippen LogP contribution in [0.3, 0.4) is 0 Å². The third kappa shape index (κ3) is 2.74. The Balaban J connectivity index is 2.91. The van der Waals surface area contributed by atoms with Crippen molar-refractivity contribution in [1.82, 2.24) is 5.32 Å². The fraction of sp³-hybridized carbons (Fsp3) is 0.500. The van der Waals surface area contributed by atoms with E-state index in [1.165, 1.54) is 11.3 Å². The maximum atomic E-state index is 3.45. The summed E-state index contributed by atoms with van der Waals surface area (Å²) < 4.78 is 0.